The second-order valence-corrected chi connectivity index (χ2v) is 7.94. The van der Waals surface area contributed by atoms with Gasteiger partial charge in [-0.15, -0.1) is 0 Å². The summed E-state index contributed by atoms with van der Waals surface area (Å²) in [6, 6.07) is 14.0. The van der Waals surface area contributed by atoms with Gasteiger partial charge in [0.1, 0.15) is 5.75 Å². The number of Topliss-reactive ketones (excluding diaryl/α,β-unsaturated/α-hetero) is 1. The van der Waals surface area contributed by atoms with E-state index in [-0.39, 0.29) is 11.2 Å². The van der Waals surface area contributed by atoms with E-state index in [4.69, 9.17) is 0 Å². The minimum atomic E-state index is 0.0419. The first-order valence-corrected chi connectivity index (χ1v) is 9.71. The van der Waals surface area contributed by atoms with Crippen molar-refractivity contribution < 1.29 is 9.90 Å². The molecular formula is C24H26O2. The predicted molar refractivity (Wildman–Crippen MR) is 106 cm³/mol. The predicted octanol–water partition coefficient (Wildman–Crippen LogP) is 5.71. The van der Waals surface area contributed by atoms with Crippen molar-refractivity contribution in [2.45, 2.75) is 52.4 Å². The lowest BCUT2D eigenvalue weighted by atomic mass is 9.66. The van der Waals surface area contributed by atoms with E-state index in [1.165, 1.54) is 28.7 Å². The number of carbonyl (C=O) groups is 1. The van der Waals surface area contributed by atoms with Gasteiger partial charge in [0.05, 0.1) is 0 Å². The van der Waals surface area contributed by atoms with Crippen LogP contribution in [0.15, 0.2) is 42.5 Å². The number of carbonyl (C=O) groups excluding carboxylic acids is 1. The number of benzene rings is 2. The quantitative estimate of drug-likeness (QED) is 0.770. The summed E-state index contributed by atoms with van der Waals surface area (Å²) < 4.78 is 0. The molecule has 0 radical (unpaired) electrons. The van der Waals surface area contributed by atoms with Crippen molar-refractivity contribution in [2.75, 3.05) is 0 Å². The van der Waals surface area contributed by atoms with E-state index in [9.17, 15) is 9.90 Å². The number of aromatic hydroxyl groups is 1. The summed E-state index contributed by atoms with van der Waals surface area (Å²) in [6.07, 6.45) is 5.91. The highest BCUT2D eigenvalue weighted by molar-refractivity contribution is 6.30. The molecule has 2 heteroatoms. The van der Waals surface area contributed by atoms with Crippen molar-refractivity contribution in [3.63, 3.8) is 0 Å². The van der Waals surface area contributed by atoms with Gasteiger partial charge in [-0.2, -0.15) is 0 Å². The molecule has 0 amide bonds. The number of allylic oxidation sites excluding steroid dienone is 2. The number of hydrogen-bond acceptors (Lipinski definition) is 2. The van der Waals surface area contributed by atoms with Crippen LogP contribution in [0.25, 0.3) is 11.1 Å². The van der Waals surface area contributed by atoms with Crippen molar-refractivity contribution in [3.05, 3.63) is 64.7 Å². The van der Waals surface area contributed by atoms with Gasteiger partial charge in [0.2, 0.25) is 0 Å². The fourth-order valence-electron chi connectivity index (χ4n) is 4.82. The molecule has 0 heterocycles. The number of unbranched alkanes of at least 4 members (excludes halogenated alkanes) is 1. The Morgan fingerprint density at radius 1 is 1.12 bits per heavy atom. The third kappa shape index (κ3) is 2.68. The first kappa shape index (κ1) is 17.1. The fraction of sp³-hybridized carbons (Fsp3) is 0.375. The lowest BCUT2D eigenvalue weighted by Crippen LogP contribution is -2.28. The Morgan fingerprint density at radius 2 is 1.88 bits per heavy atom. The smallest absolute Gasteiger partial charge is 0.163 e. The molecule has 0 saturated heterocycles. The molecule has 2 aliphatic rings. The minimum Gasteiger partial charge on any atom is -0.508 e. The monoisotopic (exact) mass is 346 g/mol. The van der Waals surface area contributed by atoms with E-state index in [0.29, 0.717) is 12.2 Å². The second kappa shape index (κ2) is 6.42. The topological polar surface area (TPSA) is 37.3 Å². The first-order valence-electron chi connectivity index (χ1n) is 9.71. The number of rotatable bonds is 4. The van der Waals surface area contributed by atoms with E-state index in [2.05, 4.69) is 38.1 Å². The van der Waals surface area contributed by atoms with Crippen LogP contribution in [0.1, 0.15) is 61.3 Å². The van der Waals surface area contributed by atoms with Crippen LogP contribution in [0, 0.1) is 12.3 Å². The Labute approximate surface area is 155 Å². The molecule has 2 nitrogen and oxygen atoms in total. The lowest BCUT2D eigenvalue weighted by molar-refractivity contribution is -0.114. The SMILES string of the molecule is CCCCC12CCC(=O)C(c3ccc(C)cc3)=C1c1ccc(O)cc1C2. The largest absolute Gasteiger partial charge is 0.508 e. The maximum Gasteiger partial charge on any atom is 0.163 e. The average molecular weight is 346 g/mol. The molecule has 2 aliphatic carbocycles. The van der Waals surface area contributed by atoms with E-state index in [1.807, 2.05) is 12.1 Å². The molecule has 0 spiro atoms. The second-order valence-electron chi connectivity index (χ2n) is 7.94. The molecule has 4 rings (SSSR count). The maximum atomic E-state index is 13.0. The molecule has 2 aromatic rings. The van der Waals surface area contributed by atoms with Crippen LogP contribution in [0.5, 0.6) is 5.75 Å². The summed E-state index contributed by atoms with van der Waals surface area (Å²) in [5, 5.41) is 9.97. The highest BCUT2D eigenvalue weighted by Gasteiger charge is 2.46. The molecule has 1 N–H and O–H groups in total. The summed E-state index contributed by atoms with van der Waals surface area (Å²) in [5.41, 5.74) is 6.80. The molecule has 134 valence electrons. The summed E-state index contributed by atoms with van der Waals surface area (Å²) in [4.78, 5) is 13.0. The van der Waals surface area contributed by atoms with Gasteiger partial charge in [0, 0.05) is 17.4 Å². The van der Waals surface area contributed by atoms with Gasteiger partial charge in [0.15, 0.2) is 5.78 Å². The molecule has 0 aliphatic heterocycles. The van der Waals surface area contributed by atoms with Gasteiger partial charge in [-0.3, -0.25) is 4.79 Å². The van der Waals surface area contributed by atoms with Gasteiger partial charge >= 0.3 is 0 Å². The maximum absolute atomic E-state index is 13.0. The number of phenols is 1. The Morgan fingerprint density at radius 3 is 2.62 bits per heavy atom. The highest BCUT2D eigenvalue weighted by atomic mass is 16.3. The van der Waals surface area contributed by atoms with E-state index >= 15 is 0 Å². The number of phenolic OH excluding ortho intramolecular Hbond substituents is 1. The van der Waals surface area contributed by atoms with Crippen molar-refractivity contribution in [1.82, 2.24) is 0 Å². The zero-order valence-electron chi connectivity index (χ0n) is 15.6. The summed E-state index contributed by atoms with van der Waals surface area (Å²) in [7, 11) is 0. The van der Waals surface area contributed by atoms with Crippen molar-refractivity contribution in [3.8, 4) is 5.75 Å². The van der Waals surface area contributed by atoms with Crippen LogP contribution in [-0.2, 0) is 11.2 Å². The zero-order chi connectivity index (χ0) is 18.3. The summed E-state index contributed by atoms with van der Waals surface area (Å²) >= 11 is 0. The van der Waals surface area contributed by atoms with Gasteiger partial charge < -0.3 is 5.11 Å². The molecule has 1 unspecified atom stereocenters. The van der Waals surface area contributed by atoms with Crippen molar-refractivity contribution in [1.29, 1.82) is 0 Å². The van der Waals surface area contributed by atoms with Crippen LogP contribution in [0.4, 0.5) is 0 Å². The molecule has 2 aromatic carbocycles. The summed E-state index contributed by atoms with van der Waals surface area (Å²) in [6.45, 7) is 4.30. The van der Waals surface area contributed by atoms with Crippen LogP contribution in [0.3, 0.4) is 0 Å². The van der Waals surface area contributed by atoms with Gasteiger partial charge in [-0.25, -0.2) is 0 Å². The fourth-order valence-corrected chi connectivity index (χ4v) is 4.82. The normalized spacial score (nSPS) is 21.7. The van der Waals surface area contributed by atoms with Crippen molar-refractivity contribution in [2.24, 2.45) is 5.41 Å². The van der Waals surface area contributed by atoms with Crippen molar-refractivity contribution >= 4 is 16.9 Å². The van der Waals surface area contributed by atoms with Crippen LogP contribution in [-0.4, -0.2) is 10.9 Å². The van der Waals surface area contributed by atoms with Gasteiger partial charge in [0.25, 0.3) is 0 Å². The highest BCUT2D eigenvalue weighted by Crippen LogP contribution is 2.58. The Kier molecular flexibility index (Phi) is 4.22. The number of fused-ring (bicyclic) bond motifs is 3. The van der Waals surface area contributed by atoms with E-state index in [0.717, 1.165) is 36.8 Å². The number of hydrogen-bond donors (Lipinski definition) is 1. The molecule has 0 bridgehead atoms. The molecule has 1 atom stereocenters. The lowest BCUT2D eigenvalue weighted by Gasteiger charge is -2.36. The van der Waals surface area contributed by atoms with E-state index in [1.54, 1.807) is 6.07 Å². The molecule has 0 fully saturated rings. The third-order valence-corrected chi connectivity index (χ3v) is 6.13. The third-order valence-electron chi connectivity index (χ3n) is 6.13. The zero-order valence-corrected chi connectivity index (χ0v) is 15.6. The Hall–Kier alpha value is -2.35. The molecular weight excluding hydrogens is 320 g/mol. The molecule has 0 saturated carbocycles. The Bertz CT molecular complexity index is 889. The first-order chi connectivity index (χ1) is 12.5. The number of ketones is 1. The number of aryl methyl sites for hydroxylation is 1. The average Bonchev–Trinajstić information content (AvgIpc) is 2.95. The summed E-state index contributed by atoms with van der Waals surface area (Å²) in [5.74, 6) is 0.578. The molecule has 0 aromatic heterocycles. The molecule has 26 heavy (non-hydrogen) atoms. The van der Waals surface area contributed by atoms with E-state index < -0.39 is 0 Å². The Balaban J connectivity index is 1.97. The van der Waals surface area contributed by atoms with Gasteiger partial charge in [-0.05, 0) is 60.6 Å². The van der Waals surface area contributed by atoms with Crippen LogP contribution >= 0.6 is 0 Å². The van der Waals surface area contributed by atoms with Crippen LogP contribution < -0.4 is 0 Å². The van der Waals surface area contributed by atoms with Crippen LogP contribution in [0.2, 0.25) is 0 Å². The standard InChI is InChI=1S/C24H26O2/c1-3-4-12-24-13-11-21(26)22(17-7-5-16(2)6-8-17)23(24)20-10-9-19(25)14-18(20)15-24/h5-10,14,25H,3-4,11-13,15H2,1-2H3. The van der Waals surface area contributed by atoms with Gasteiger partial charge in [-0.1, -0.05) is 55.7 Å². The minimum absolute atomic E-state index is 0.0419.